The van der Waals surface area contributed by atoms with Crippen LogP contribution in [0.3, 0.4) is 0 Å². The zero-order valence-electron chi connectivity index (χ0n) is 11.9. The lowest BCUT2D eigenvalue weighted by Crippen LogP contribution is -2.25. The van der Waals surface area contributed by atoms with E-state index >= 15 is 0 Å². The Morgan fingerprint density at radius 2 is 1.95 bits per heavy atom. The Hall–Kier alpha value is -2.51. The van der Waals surface area contributed by atoms with E-state index in [1.54, 1.807) is 13.8 Å². The van der Waals surface area contributed by atoms with E-state index in [-0.39, 0.29) is 17.8 Å². The second-order valence-electron chi connectivity index (χ2n) is 4.61. The molecule has 0 spiro atoms. The van der Waals surface area contributed by atoms with Crippen LogP contribution in [-0.4, -0.2) is 20.9 Å². The summed E-state index contributed by atoms with van der Waals surface area (Å²) in [6, 6.07) is 3.54. The lowest BCUT2D eigenvalue weighted by Gasteiger charge is -2.09. The smallest absolute Gasteiger partial charge is 0.346 e. The number of carbonyl (C=O) groups excluding carboxylic acids is 1. The molecule has 0 atom stereocenters. The number of nitrogens with one attached hydrogen (secondary N) is 1. The van der Waals surface area contributed by atoms with Crippen molar-refractivity contribution < 1.29 is 18.0 Å². The monoisotopic (exact) mass is 310 g/mol. The first-order chi connectivity index (χ1) is 10.3. The van der Waals surface area contributed by atoms with Crippen LogP contribution in [0.25, 0.3) is 0 Å². The summed E-state index contributed by atoms with van der Waals surface area (Å²) in [6.07, 6.45) is -3.13. The van der Waals surface area contributed by atoms with Gasteiger partial charge in [0.25, 0.3) is 5.91 Å². The molecule has 0 bridgehead atoms. The van der Waals surface area contributed by atoms with Crippen molar-refractivity contribution in [3.8, 4) is 0 Å². The number of nitrogens with zero attached hydrogens (tertiary/aromatic N) is 3. The molecule has 0 radical (unpaired) electrons. The molecule has 0 saturated heterocycles. The summed E-state index contributed by atoms with van der Waals surface area (Å²) in [7, 11) is 0. The van der Waals surface area contributed by atoms with Gasteiger partial charge in [0.1, 0.15) is 11.5 Å². The molecule has 0 aromatic carbocycles. The number of hydrogen-bond acceptors (Lipinski definition) is 4. The predicted molar refractivity (Wildman–Crippen MR) is 71.9 cm³/mol. The number of pyridine rings is 1. The van der Waals surface area contributed by atoms with Crippen molar-refractivity contribution in [2.24, 2.45) is 0 Å². The average molecular weight is 310 g/mol. The molecule has 2 aromatic heterocycles. The minimum absolute atomic E-state index is 0.115. The molecule has 1 amide bonds. The molecule has 8 heteroatoms. The van der Waals surface area contributed by atoms with Gasteiger partial charge >= 0.3 is 6.18 Å². The molecule has 5 nitrogen and oxygen atoms in total. The standard InChI is InChI=1S/C14H13F3N4O/c1-8-11(7-18-9(2)20-8)13(22)19-6-10-4-3-5-12(21-10)14(15,16)17/h3-5,7H,6H2,1-2H3,(H,19,22). The van der Waals surface area contributed by atoms with Crippen molar-refractivity contribution in [2.75, 3.05) is 0 Å². The van der Waals surface area contributed by atoms with E-state index < -0.39 is 17.8 Å². The highest BCUT2D eigenvalue weighted by Gasteiger charge is 2.32. The van der Waals surface area contributed by atoms with Gasteiger partial charge in [-0.2, -0.15) is 13.2 Å². The van der Waals surface area contributed by atoms with Crippen LogP contribution >= 0.6 is 0 Å². The molecule has 0 aliphatic rings. The maximum atomic E-state index is 12.6. The second-order valence-corrected chi connectivity index (χ2v) is 4.61. The summed E-state index contributed by atoms with van der Waals surface area (Å²) in [5.41, 5.74) is -0.0949. The number of alkyl halides is 3. The van der Waals surface area contributed by atoms with Crippen LogP contribution in [0.4, 0.5) is 13.2 Å². The first-order valence-corrected chi connectivity index (χ1v) is 6.39. The van der Waals surface area contributed by atoms with Crippen LogP contribution < -0.4 is 5.32 Å². The van der Waals surface area contributed by atoms with Gasteiger partial charge in [-0.15, -0.1) is 0 Å². The molecule has 2 rings (SSSR count). The quantitative estimate of drug-likeness (QED) is 0.945. The Morgan fingerprint density at radius 1 is 1.23 bits per heavy atom. The summed E-state index contributed by atoms with van der Waals surface area (Å²) in [6.45, 7) is 3.24. The highest BCUT2D eigenvalue weighted by atomic mass is 19.4. The van der Waals surface area contributed by atoms with Crippen molar-refractivity contribution in [1.29, 1.82) is 0 Å². The van der Waals surface area contributed by atoms with Gasteiger partial charge in [-0.3, -0.25) is 4.79 Å². The summed E-state index contributed by atoms with van der Waals surface area (Å²) in [4.78, 5) is 23.5. The van der Waals surface area contributed by atoms with Crippen LogP contribution in [0.5, 0.6) is 0 Å². The molecule has 1 N–H and O–H groups in total. The summed E-state index contributed by atoms with van der Waals surface area (Å²) >= 11 is 0. The van der Waals surface area contributed by atoms with Crippen LogP contribution in [0, 0.1) is 13.8 Å². The number of hydrogen-bond donors (Lipinski definition) is 1. The van der Waals surface area contributed by atoms with Crippen molar-refractivity contribution in [3.63, 3.8) is 0 Å². The molecule has 116 valence electrons. The molecule has 0 fully saturated rings. The average Bonchev–Trinajstić information content (AvgIpc) is 2.44. The Bertz CT molecular complexity index is 701. The number of halogens is 3. The highest BCUT2D eigenvalue weighted by molar-refractivity contribution is 5.94. The fourth-order valence-corrected chi connectivity index (χ4v) is 1.81. The molecule has 0 saturated carbocycles. The largest absolute Gasteiger partial charge is 0.433 e. The van der Waals surface area contributed by atoms with Crippen LogP contribution in [0.2, 0.25) is 0 Å². The molecule has 2 aromatic rings. The Morgan fingerprint density at radius 3 is 2.59 bits per heavy atom. The third kappa shape index (κ3) is 3.78. The van der Waals surface area contributed by atoms with E-state index in [1.807, 2.05) is 0 Å². The molecule has 2 heterocycles. The lowest BCUT2D eigenvalue weighted by molar-refractivity contribution is -0.141. The van der Waals surface area contributed by atoms with Gasteiger partial charge in [0.2, 0.25) is 0 Å². The normalized spacial score (nSPS) is 11.3. The molecule has 0 aliphatic heterocycles. The van der Waals surface area contributed by atoms with E-state index in [0.717, 1.165) is 6.07 Å². The zero-order valence-corrected chi connectivity index (χ0v) is 11.9. The van der Waals surface area contributed by atoms with Gasteiger partial charge in [0.05, 0.1) is 23.5 Å². The number of aryl methyl sites for hydroxylation is 2. The minimum Gasteiger partial charge on any atom is -0.346 e. The number of carbonyl (C=O) groups is 1. The van der Waals surface area contributed by atoms with E-state index in [2.05, 4.69) is 20.3 Å². The summed E-state index contributed by atoms with van der Waals surface area (Å²) in [5, 5.41) is 2.51. The van der Waals surface area contributed by atoms with Gasteiger partial charge in [-0.25, -0.2) is 15.0 Å². The minimum atomic E-state index is -4.51. The summed E-state index contributed by atoms with van der Waals surface area (Å²) < 4.78 is 37.7. The van der Waals surface area contributed by atoms with Crippen molar-refractivity contribution in [1.82, 2.24) is 20.3 Å². The van der Waals surface area contributed by atoms with Crippen LogP contribution in [-0.2, 0) is 12.7 Å². The SMILES string of the molecule is Cc1ncc(C(=O)NCc2cccc(C(F)(F)F)n2)c(C)n1. The Labute approximate surface area is 124 Å². The Kier molecular flexibility index (Phi) is 4.39. The number of amides is 1. The van der Waals surface area contributed by atoms with Crippen molar-refractivity contribution >= 4 is 5.91 Å². The van der Waals surface area contributed by atoms with Crippen LogP contribution in [0.15, 0.2) is 24.4 Å². The van der Waals surface area contributed by atoms with E-state index in [9.17, 15) is 18.0 Å². The molecular weight excluding hydrogens is 297 g/mol. The number of rotatable bonds is 3. The van der Waals surface area contributed by atoms with Crippen molar-refractivity contribution in [2.45, 2.75) is 26.6 Å². The molecule has 0 aliphatic carbocycles. The Balaban J connectivity index is 2.08. The number of aromatic nitrogens is 3. The van der Waals surface area contributed by atoms with Gasteiger partial charge in [-0.1, -0.05) is 6.07 Å². The molecule has 22 heavy (non-hydrogen) atoms. The summed E-state index contributed by atoms with van der Waals surface area (Å²) in [5.74, 6) is 0.0744. The van der Waals surface area contributed by atoms with Crippen LogP contribution in [0.1, 0.15) is 33.3 Å². The van der Waals surface area contributed by atoms with Crippen molar-refractivity contribution in [3.05, 3.63) is 52.9 Å². The van der Waals surface area contributed by atoms with E-state index in [0.29, 0.717) is 11.5 Å². The van der Waals surface area contributed by atoms with Gasteiger partial charge in [0, 0.05) is 6.20 Å². The van der Waals surface area contributed by atoms with Gasteiger partial charge in [-0.05, 0) is 26.0 Å². The maximum Gasteiger partial charge on any atom is 0.433 e. The second kappa shape index (κ2) is 6.08. The topological polar surface area (TPSA) is 67.8 Å². The van der Waals surface area contributed by atoms with Gasteiger partial charge in [0.15, 0.2) is 0 Å². The predicted octanol–water partition coefficient (Wildman–Crippen LogP) is 2.44. The first kappa shape index (κ1) is 15.9. The van der Waals surface area contributed by atoms with E-state index in [1.165, 1.54) is 18.3 Å². The fraction of sp³-hybridized carbons (Fsp3) is 0.286. The van der Waals surface area contributed by atoms with E-state index in [4.69, 9.17) is 0 Å². The third-order valence-corrected chi connectivity index (χ3v) is 2.87. The van der Waals surface area contributed by atoms with Gasteiger partial charge < -0.3 is 5.32 Å². The lowest BCUT2D eigenvalue weighted by atomic mass is 10.2. The zero-order chi connectivity index (χ0) is 16.3. The first-order valence-electron chi connectivity index (χ1n) is 6.39. The third-order valence-electron chi connectivity index (χ3n) is 2.87. The maximum absolute atomic E-state index is 12.6. The highest BCUT2D eigenvalue weighted by Crippen LogP contribution is 2.27. The fourth-order valence-electron chi connectivity index (χ4n) is 1.81. The molecular formula is C14H13F3N4O. The molecule has 0 unspecified atom stereocenters.